The lowest BCUT2D eigenvalue weighted by molar-refractivity contribution is -0.116. The Labute approximate surface area is 170 Å². The van der Waals surface area contributed by atoms with Crippen molar-refractivity contribution in [2.75, 3.05) is 13.2 Å². The lowest BCUT2D eigenvalue weighted by atomic mass is 10.2. The van der Waals surface area contributed by atoms with E-state index in [4.69, 9.17) is 21.1 Å². The fraction of sp³-hybridized carbons (Fsp3) is 0.409. The SMILES string of the molecule is Cc1cc(/C=C/C(=O)NCc2cc(Cl)c3c(c2)OCCCO3)c(C)n1C1CC1. The van der Waals surface area contributed by atoms with Gasteiger partial charge in [0.15, 0.2) is 11.5 Å². The number of nitrogens with zero attached hydrogens (tertiary/aromatic N) is 1. The van der Waals surface area contributed by atoms with E-state index in [1.165, 1.54) is 24.2 Å². The molecule has 5 nitrogen and oxygen atoms in total. The third-order valence-electron chi connectivity index (χ3n) is 5.18. The number of amides is 1. The molecule has 1 aliphatic carbocycles. The average molecular weight is 401 g/mol. The lowest BCUT2D eigenvalue weighted by Crippen LogP contribution is -2.20. The highest BCUT2D eigenvalue weighted by atomic mass is 35.5. The van der Waals surface area contributed by atoms with Crippen LogP contribution in [0.5, 0.6) is 11.5 Å². The highest BCUT2D eigenvalue weighted by molar-refractivity contribution is 6.32. The van der Waals surface area contributed by atoms with E-state index in [-0.39, 0.29) is 5.91 Å². The first-order valence-electron chi connectivity index (χ1n) is 9.75. The van der Waals surface area contributed by atoms with E-state index in [0.717, 1.165) is 17.5 Å². The molecule has 0 bridgehead atoms. The summed E-state index contributed by atoms with van der Waals surface area (Å²) in [6.07, 6.45) is 6.79. The number of benzene rings is 1. The first-order valence-corrected chi connectivity index (χ1v) is 10.1. The summed E-state index contributed by atoms with van der Waals surface area (Å²) in [6.45, 7) is 5.80. The Morgan fingerprint density at radius 2 is 2.04 bits per heavy atom. The molecule has 2 aliphatic rings. The Balaban J connectivity index is 1.40. The van der Waals surface area contributed by atoms with E-state index in [9.17, 15) is 4.79 Å². The van der Waals surface area contributed by atoms with Crippen LogP contribution in [-0.2, 0) is 11.3 Å². The van der Waals surface area contributed by atoms with E-state index in [0.29, 0.717) is 42.3 Å². The van der Waals surface area contributed by atoms with Gasteiger partial charge < -0.3 is 19.4 Å². The Bertz CT molecular complexity index is 928. The van der Waals surface area contributed by atoms with Gasteiger partial charge in [-0.3, -0.25) is 4.79 Å². The summed E-state index contributed by atoms with van der Waals surface area (Å²) >= 11 is 6.31. The van der Waals surface area contributed by atoms with Gasteiger partial charge in [0, 0.05) is 36.5 Å². The molecule has 1 aliphatic heterocycles. The summed E-state index contributed by atoms with van der Waals surface area (Å²) < 4.78 is 13.7. The fourth-order valence-corrected chi connectivity index (χ4v) is 3.95. The molecule has 1 aromatic heterocycles. The Kier molecular flexibility index (Phi) is 5.36. The molecule has 0 saturated heterocycles. The van der Waals surface area contributed by atoms with Crippen molar-refractivity contribution in [3.8, 4) is 11.5 Å². The highest BCUT2D eigenvalue weighted by Crippen LogP contribution is 2.39. The lowest BCUT2D eigenvalue weighted by Gasteiger charge is -2.11. The van der Waals surface area contributed by atoms with Gasteiger partial charge in [0.05, 0.1) is 18.2 Å². The number of rotatable bonds is 5. The number of aromatic nitrogens is 1. The van der Waals surface area contributed by atoms with Gasteiger partial charge in [0.25, 0.3) is 0 Å². The zero-order valence-electron chi connectivity index (χ0n) is 16.3. The second-order valence-corrected chi connectivity index (χ2v) is 7.84. The summed E-state index contributed by atoms with van der Waals surface area (Å²) in [4.78, 5) is 12.3. The number of halogens is 1. The molecule has 4 rings (SSSR count). The van der Waals surface area contributed by atoms with Crippen LogP contribution in [0.15, 0.2) is 24.3 Å². The Morgan fingerprint density at radius 1 is 1.25 bits per heavy atom. The molecule has 1 fully saturated rings. The van der Waals surface area contributed by atoms with Gasteiger partial charge in [-0.15, -0.1) is 0 Å². The van der Waals surface area contributed by atoms with Crippen molar-refractivity contribution in [2.45, 2.75) is 45.7 Å². The molecule has 148 valence electrons. The second-order valence-electron chi connectivity index (χ2n) is 7.43. The van der Waals surface area contributed by atoms with Crippen LogP contribution in [0.2, 0.25) is 5.02 Å². The van der Waals surface area contributed by atoms with Gasteiger partial charge in [-0.25, -0.2) is 0 Å². The fourth-order valence-electron chi connectivity index (χ4n) is 3.67. The first-order chi connectivity index (χ1) is 13.5. The molecule has 1 saturated carbocycles. The monoisotopic (exact) mass is 400 g/mol. The van der Waals surface area contributed by atoms with E-state index >= 15 is 0 Å². The third kappa shape index (κ3) is 4.04. The van der Waals surface area contributed by atoms with Gasteiger partial charge >= 0.3 is 0 Å². The maximum atomic E-state index is 12.3. The summed E-state index contributed by atoms with van der Waals surface area (Å²) in [5.41, 5.74) is 4.45. The number of hydrogen-bond donors (Lipinski definition) is 1. The van der Waals surface area contributed by atoms with Crippen molar-refractivity contribution in [3.63, 3.8) is 0 Å². The topological polar surface area (TPSA) is 52.5 Å². The number of hydrogen-bond acceptors (Lipinski definition) is 3. The zero-order valence-corrected chi connectivity index (χ0v) is 17.0. The first kappa shape index (κ1) is 18.9. The van der Waals surface area contributed by atoms with Crippen LogP contribution in [0.1, 0.15) is 47.8 Å². The van der Waals surface area contributed by atoms with E-state index < -0.39 is 0 Å². The van der Waals surface area contributed by atoms with Crippen LogP contribution in [0.4, 0.5) is 0 Å². The van der Waals surface area contributed by atoms with E-state index in [2.05, 4.69) is 29.8 Å². The predicted octanol–water partition coefficient (Wildman–Crippen LogP) is 4.58. The minimum Gasteiger partial charge on any atom is -0.489 e. The number of carbonyl (C=O) groups excluding carboxylic acids is 1. The maximum absolute atomic E-state index is 12.3. The third-order valence-corrected chi connectivity index (χ3v) is 5.46. The van der Waals surface area contributed by atoms with Crippen molar-refractivity contribution in [3.05, 3.63) is 51.8 Å². The highest BCUT2D eigenvalue weighted by Gasteiger charge is 2.26. The quantitative estimate of drug-likeness (QED) is 0.747. The number of aryl methyl sites for hydroxylation is 1. The molecule has 28 heavy (non-hydrogen) atoms. The van der Waals surface area contributed by atoms with Crippen molar-refractivity contribution in [1.29, 1.82) is 0 Å². The van der Waals surface area contributed by atoms with Crippen LogP contribution in [-0.4, -0.2) is 23.7 Å². The van der Waals surface area contributed by atoms with E-state index in [1.807, 2.05) is 18.2 Å². The number of fused-ring (bicyclic) bond motifs is 1. The standard InChI is InChI=1S/C22H25ClN2O3/c1-14-10-17(15(2)25(14)18-5-6-18)4-7-21(26)24-13-16-11-19(23)22-20(12-16)27-8-3-9-28-22/h4,7,10-12,18H,3,5-6,8-9,13H2,1-2H3,(H,24,26)/b7-4+. The van der Waals surface area contributed by atoms with Gasteiger partial charge in [-0.1, -0.05) is 11.6 Å². The van der Waals surface area contributed by atoms with Crippen LogP contribution < -0.4 is 14.8 Å². The normalized spacial score (nSPS) is 16.2. The molecule has 1 N–H and O–H groups in total. The predicted molar refractivity (Wildman–Crippen MR) is 110 cm³/mol. The van der Waals surface area contributed by atoms with Crippen LogP contribution >= 0.6 is 11.6 Å². The molecule has 1 aromatic carbocycles. The molecule has 1 amide bonds. The van der Waals surface area contributed by atoms with Gasteiger partial charge in [-0.2, -0.15) is 0 Å². The average Bonchev–Trinajstić information content (AvgIpc) is 3.47. The number of ether oxygens (including phenoxy) is 2. The molecule has 2 aromatic rings. The molecule has 0 atom stereocenters. The van der Waals surface area contributed by atoms with Gasteiger partial charge in [-0.05, 0) is 62.1 Å². The summed E-state index contributed by atoms with van der Waals surface area (Å²) in [5, 5.41) is 3.41. The maximum Gasteiger partial charge on any atom is 0.244 e. The Morgan fingerprint density at radius 3 is 2.82 bits per heavy atom. The second kappa shape index (κ2) is 7.92. The van der Waals surface area contributed by atoms with Gasteiger partial charge in [0.2, 0.25) is 5.91 Å². The zero-order chi connectivity index (χ0) is 19.7. The van der Waals surface area contributed by atoms with Crippen LogP contribution in [0, 0.1) is 13.8 Å². The summed E-state index contributed by atoms with van der Waals surface area (Å²) in [7, 11) is 0. The molecular formula is C22H25ClN2O3. The van der Waals surface area contributed by atoms with Crippen LogP contribution in [0.3, 0.4) is 0 Å². The number of carbonyl (C=O) groups is 1. The molecule has 6 heteroatoms. The minimum atomic E-state index is -0.139. The smallest absolute Gasteiger partial charge is 0.244 e. The van der Waals surface area contributed by atoms with Crippen LogP contribution in [0.25, 0.3) is 6.08 Å². The van der Waals surface area contributed by atoms with Crippen molar-refractivity contribution < 1.29 is 14.3 Å². The minimum absolute atomic E-state index is 0.139. The molecule has 0 radical (unpaired) electrons. The summed E-state index contributed by atoms with van der Waals surface area (Å²) in [6, 6.07) is 6.46. The number of nitrogens with one attached hydrogen (secondary N) is 1. The molecule has 0 spiro atoms. The van der Waals surface area contributed by atoms with Gasteiger partial charge in [0.1, 0.15) is 0 Å². The van der Waals surface area contributed by atoms with Crippen molar-refractivity contribution in [2.24, 2.45) is 0 Å². The summed E-state index contributed by atoms with van der Waals surface area (Å²) in [5.74, 6) is 1.08. The molecule has 0 unspecified atom stereocenters. The Hall–Kier alpha value is -2.40. The van der Waals surface area contributed by atoms with Crippen molar-refractivity contribution >= 4 is 23.6 Å². The van der Waals surface area contributed by atoms with E-state index in [1.54, 1.807) is 6.08 Å². The van der Waals surface area contributed by atoms with Crippen molar-refractivity contribution in [1.82, 2.24) is 9.88 Å². The molecular weight excluding hydrogens is 376 g/mol. The largest absolute Gasteiger partial charge is 0.489 e. The molecule has 2 heterocycles.